The molecule has 0 saturated heterocycles. The van der Waals surface area contributed by atoms with E-state index in [9.17, 15) is 9.59 Å². The van der Waals surface area contributed by atoms with Gasteiger partial charge < -0.3 is 4.90 Å². The number of rotatable bonds is 3. The summed E-state index contributed by atoms with van der Waals surface area (Å²) in [5, 5.41) is 5.30. The maximum Gasteiger partial charge on any atom is 0.257 e. The minimum atomic E-state index is -0.169. The highest BCUT2D eigenvalue weighted by molar-refractivity contribution is 7.13. The third-order valence-electron chi connectivity index (χ3n) is 3.68. The Labute approximate surface area is 133 Å². The summed E-state index contributed by atoms with van der Waals surface area (Å²) in [5.74, 6) is -0.0494. The number of fused-ring (bicyclic) bond motifs is 1. The molecule has 1 aromatic carbocycles. The second-order valence-electron chi connectivity index (χ2n) is 5.24. The molecule has 0 atom stereocenters. The van der Waals surface area contributed by atoms with Gasteiger partial charge in [0.1, 0.15) is 0 Å². The zero-order valence-corrected chi connectivity index (χ0v) is 13.4. The summed E-state index contributed by atoms with van der Waals surface area (Å²) in [6, 6.07) is 5.49. The average Bonchev–Trinajstić information content (AvgIpc) is 3.11. The zero-order chi connectivity index (χ0) is 15.7. The number of hydrogen-bond donors (Lipinski definition) is 1. The van der Waals surface area contributed by atoms with Crippen LogP contribution in [-0.4, -0.2) is 23.3 Å². The summed E-state index contributed by atoms with van der Waals surface area (Å²) in [5.41, 5.74) is 3.46. The Bertz CT molecular complexity index is 739. The molecule has 5 nitrogen and oxygen atoms in total. The fourth-order valence-corrected chi connectivity index (χ4v) is 3.26. The van der Waals surface area contributed by atoms with Gasteiger partial charge in [-0.05, 0) is 37.1 Å². The number of nitrogens with zero attached hydrogens (tertiary/aromatic N) is 2. The van der Waals surface area contributed by atoms with Crippen LogP contribution >= 0.6 is 11.3 Å². The van der Waals surface area contributed by atoms with Crippen LogP contribution in [0.1, 0.15) is 35.0 Å². The quantitative estimate of drug-likeness (QED) is 0.947. The number of amides is 2. The van der Waals surface area contributed by atoms with Crippen molar-refractivity contribution in [1.29, 1.82) is 0 Å². The van der Waals surface area contributed by atoms with Crippen molar-refractivity contribution in [2.75, 3.05) is 16.8 Å². The summed E-state index contributed by atoms with van der Waals surface area (Å²) < 4.78 is 0. The van der Waals surface area contributed by atoms with Crippen LogP contribution in [0.2, 0.25) is 0 Å². The van der Waals surface area contributed by atoms with Crippen molar-refractivity contribution < 1.29 is 9.59 Å². The number of carbonyl (C=O) groups excluding carboxylic acids is 2. The van der Waals surface area contributed by atoms with Gasteiger partial charge in [0.05, 0.1) is 5.69 Å². The number of aromatic nitrogens is 1. The van der Waals surface area contributed by atoms with Crippen LogP contribution in [0.4, 0.5) is 10.8 Å². The van der Waals surface area contributed by atoms with Crippen LogP contribution in [-0.2, 0) is 11.2 Å². The lowest BCUT2D eigenvalue weighted by Crippen LogP contribution is -2.27. The van der Waals surface area contributed by atoms with Crippen LogP contribution < -0.4 is 10.2 Å². The molecular weight excluding hydrogens is 298 g/mol. The number of nitrogens with one attached hydrogen (secondary N) is 1. The topological polar surface area (TPSA) is 62.3 Å². The highest BCUT2D eigenvalue weighted by atomic mass is 32.1. The molecule has 0 radical (unpaired) electrons. The highest BCUT2D eigenvalue weighted by Gasteiger charge is 2.24. The minimum absolute atomic E-state index is 0.120. The van der Waals surface area contributed by atoms with E-state index >= 15 is 0 Å². The largest absolute Gasteiger partial charge is 0.312 e. The van der Waals surface area contributed by atoms with Gasteiger partial charge in [-0.1, -0.05) is 6.92 Å². The van der Waals surface area contributed by atoms with Gasteiger partial charge >= 0.3 is 0 Å². The molecule has 2 aromatic rings. The molecule has 0 aliphatic carbocycles. The van der Waals surface area contributed by atoms with Crippen LogP contribution in [0.5, 0.6) is 0 Å². The van der Waals surface area contributed by atoms with Gasteiger partial charge in [-0.15, -0.1) is 11.3 Å². The molecular formula is C16H17N3O2S. The highest BCUT2D eigenvalue weighted by Crippen LogP contribution is 2.29. The summed E-state index contributed by atoms with van der Waals surface area (Å²) in [6.07, 6.45) is 1.28. The molecule has 114 valence electrons. The molecule has 0 spiro atoms. The molecule has 1 aromatic heterocycles. The summed E-state index contributed by atoms with van der Waals surface area (Å²) in [7, 11) is 0. The van der Waals surface area contributed by atoms with Gasteiger partial charge in [-0.3, -0.25) is 14.9 Å². The van der Waals surface area contributed by atoms with Crippen molar-refractivity contribution in [3.8, 4) is 0 Å². The standard InChI is InChI=1S/C16H17N3O2S/c1-3-14(20)19-7-6-11-8-12(4-5-13(11)19)15(21)18-16-17-10(2)9-22-16/h4-5,8-9H,3,6-7H2,1-2H3,(H,17,18,21). The van der Waals surface area contributed by atoms with Gasteiger partial charge in [-0.2, -0.15) is 0 Å². The monoisotopic (exact) mass is 315 g/mol. The summed E-state index contributed by atoms with van der Waals surface area (Å²) in [6.45, 7) is 4.44. The molecule has 2 heterocycles. The molecule has 0 fully saturated rings. The molecule has 0 bridgehead atoms. The Morgan fingerprint density at radius 2 is 2.23 bits per heavy atom. The number of carbonyl (C=O) groups is 2. The van der Waals surface area contributed by atoms with Gasteiger partial charge in [0.2, 0.25) is 5.91 Å². The maximum absolute atomic E-state index is 12.3. The average molecular weight is 315 g/mol. The van der Waals surface area contributed by atoms with Crippen LogP contribution in [0.3, 0.4) is 0 Å². The molecule has 2 amide bonds. The molecule has 0 saturated carbocycles. The third kappa shape index (κ3) is 2.74. The fraction of sp³-hybridized carbons (Fsp3) is 0.312. The van der Waals surface area contributed by atoms with Crippen molar-refractivity contribution in [1.82, 2.24) is 4.98 Å². The SMILES string of the molecule is CCC(=O)N1CCc2cc(C(=O)Nc3nc(C)cs3)ccc21. The normalized spacial score (nSPS) is 13.1. The lowest BCUT2D eigenvalue weighted by Gasteiger charge is -2.16. The smallest absolute Gasteiger partial charge is 0.257 e. The molecule has 22 heavy (non-hydrogen) atoms. The number of aryl methyl sites for hydroxylation is 1. The van der Waals surface area contributed by atoms with E-state index in [1.54, 1.807) is 11.0 Å². The lowest BCUT2D eigenvalue weighted by atomic mass is 10.1. The Morgan fingerprint density at radius 1 is 1.41 bits per heavy atom. The van der Waals surface area contributed by atoms with Gasteiger partial charge in [0, 0.05) is 29.6 Å². The molecule has 0 unspecified atom stereocenters. The summed E-state index contributed by atoms with van der Waals surface area (Å²) >= 11 is 1.41. The molecule has 1 aliphatic heterocycles. The second kappa shape index (κ2) is 5.88. The Balaban J connectivity index is 1.79. The zero-order valence-electron chi connectivity index (χ0n) is 12.5. The predicted molar refractivity (Wildman–Crippen MR) is 87.6 cm³/mol. The van der Waals surface area contributed by atoms with Gasteiger partial charge in [0.15, 0.2) is 5.13 Å². The van der Waals surface area contributed by atoms with Gasteiger partial charge in [-0.25, -0.2) is 4.98 Å². The number of hydrogen-bond acceptors (Lipinski definition) is 4. The van der Waals surface area contributed by atoms with Crippen molar-refractivity contribution >= 4 is 34.0 Å². The Morgan fingerprint density at radius 3 is 2.91 bits per heavy atom. The Hall–Kier alpha value is -2.21. The van der Waals surface area contributed by atoms with Crippen LogP contribution in [0, 0.1) is 6.92 Å². The molecule has 3 rings (SSSR count). The summed E-state index contributed by atoms with van der Waals surface area (Å²) in [4.78, 5) is 30.2. The van der Waals surface area contributed by atoms with E-state index in [1.165, 1.54) is 11.3 Å². The van der Waals surface area contributed by atoms with Crippen molar-refractivity contribution in [3.63, 3.8) is 0 Å². The molecule has 1 aliphatic rings. The van der Waals surface area contributed by atoms with Crippen LogP contribution in [0.25, 0.3) is 0 Å². The van der Waals surface area contributed by atoms with E-state index < -0.39 is 0 Å². The second-order valence-corrected chi connectivity index (χ2v) is 6.10. The minimum Gasteiger partial charge on any atom is -0.312 e. The van der Waals surface area contributed by atoms with E-state index in [2.05, 4.69) is 10.3 Å². The van der Waals surface area contributed by atoms with E-state index in [1.807, 2.05) is 31.4 Å². The first-order valence-electron chi connectivity index (χ1n) is 7.25. The third-order valence-corrected chi connectivity index (χ3v) is 4.56. The van der Waals surface area contributed by atoms with E-state index in [0.29, 0.717) is 23.7 Å². The molecule has 6 heteroatoms. The fourth-order valence-electron chi connectivity index (χ4n) is 2.57. The first-order chi connectivity index (χ1) is 10.6. The van der Waals surface area contributed by atoms with E-state index in [-0.39, 0.29) is 11.8 Å². The number of thiazole rings is 1. The van der Waals surface area contributed by atoms with Crippen molar-refractivity contribution in [2.45, 2.75) is 26.7 Å². The lowest BCUT2D eigenvalue weighted by molar-refractivity contribution is -0.118. The maximum atomic E-state index is 12.3. The molecule has 1 N–H and O–H groups in total. The predicted octanol–water partition coefficient (Wildman–Crippen LogP) is 3.00. The van der Waals surface area contributed by atoms with Crippen LogP contribution in [0.15, 0.2) is 23.6 Å². The number of benzene rings is 1. The van der Waals surface area contributed by atoms with Crippen molar-refractivity contribution in [3.05, 3.63) is 40.4 Å². The van der Waals surface area contributed by atoms with Crippen molar-refractivity contribution in [2.24, 2.45) is 0 Å². The van der Waals surface area contributed by atoms with E-state index in [0.717, 1.165) is 23.4 Å². The van der Waals surface area contributed by atoms with E-state index in [4.69, 9.17) is 0 Å². The first kappa shape index (κ1) is 14.7. The number of anilines is 2. The van der Waals surface area contributed by atoms with Gasteiger partial charge in [0.25, 0.3) is 5.91 Å². The first-order valence-corrected chi connectivity index (χ1v) is 8.13. The Kier molecular flexibility index (Phi) is 3.94.